The SMILES string of the molecule is CCc1nc(C(N)=O)c(Nc2ccc(CCN3CCCC3)cc2)nc1Oc1cccc([N+](=O)[O-])c1. The second kappa shape index (κ2) is 10.9. The van der Waals surface area contributed by atoms with Crippen molar-refractivity contribution in [2.24, 2.45) is 5.73 Å². The van der Waals surface area contributed by atoms with Crippen LogP contribution >= 0.6 is 0 Å². The molecule has 0 radical (unpaired) electrons. The Hall–Kier alpha value is -4.05. The number of carbonyl (C=O) groups is 1. The minimum Gasteiger partial charge on any atom is -0.437 e. The molecular formula is C25H28N6O4. The van der Waals surface area contributed by atoms with Gasteiger partial charge in [-0.25, -0.2) is 4.98 Å². The lowest BCUT2D eigenvalue weighted by Gasteiger charge is -2.15. The molecule has 182 valence electrons. The molecule has 0 aliphatic carbocycles. The number of nitro benzene ring substituents is 1. The molecule has 0 saturated carbocycles. The van der Waals surface area contributed by atoms with Crippen molar-refractivity contribution in [1.82, 2.24) is 14.9 Å². The number of likely N-dealkylation sites (tertiary alicyclic amines) is 1. The van der Waals surface area contributed by atoms with Crippen molar-refractivity contribution in [1.29, 1.82) is 0 Å². The van der Waals surface area contributed by atoms with E-state index in [1.807, 2.05) is 31.2 Å². The van der Waals surface area contributed by atoms with E-state index in [1.54, 1.807) is 6.07 Å². The molecule has 1 aliphatic heterocycles. The van der Waals surface area contributed by atoms with Gasteiger partial charge in [-0.2, -0.15) is 4.98 Å². The van der Waals surface area contributed by atoms with Crippen molar-refractivity contribution in [3.63, 3.8) is 0 Å². The molecule has 1 aliphatic rings. The summed E-state index contributed by atoms with van der Waals surface area (Å²) in [5.41, 5.74) is 7.81. The molecule has 1 amide bonds. The minimum atomic E-state index is -0.723. The zero-order chi connectivity index (χ0) is 24.8. The summed E-state index contributed by atoms with van der Waals surface area (Å²) in [5.74, 6) is -0.190. The molecule has 0 bridgehead atoms. The number of nitrogens with zero attached hydrogens (tertiary/aromatic N) is 4. The normalized spacial score (nSPS) is 13.5. The molecule has 3 aromatic rings. The van der Waals surface area contributed by atoms with E-state index in [9.17, 15) is 14.9 Å². The Labute approximate surface area is 203 Å². The number of hydrogen-bond acceptors (Lipinski definition) is 8. The van der Waals surface area contributed by atoms with E-state index in [4.69, 9.17) is 10.5 Å². The summed E-state index contributed by atoms with van der Waals surface area (Å²) in [5, 5.41) is 14.2. The van der Waals surface area contributed by atoms with Gasteiger partial charge in [0.05, 0.1) is 11.0 Å². The Balaban J connectivity index is 1.55. The molecule has 2 heterocycles. The first-order valence-corrected chi connectivity index (χ1v) is 11.6. The Morgan fingerprint density at radius 1 is 1.17 bits per heavy atom. The number of primary amides is 1. The van der Waals surface area contributed by atoms with E-state index in [0.717, 1.165) is 18.7 Å². The zero-order valence-corrected chi connectivity index (χ0v) is 19.6. The third kappa shape index (κ3) is 6.10. The van der Waals surface area contributed by atoms with Gasteiger partial charge in [0, 0.05) is 18.3 Å². The molecule has 0 unspecified atom stereocenters. The summed E-state index contributed by atoms with van der Waals surface area (Å²) in [6.45, 7) is 5.22. The fraction of sp³-hybridized carbons (Fsp3) is 0.320. The summed E-state index contributed by atoms with van der Waals surface area (Å²) in [6, 6.07) is 13.7. The number of ether oxygens (including phenoxy) is 1. The van der Waals surface area contributed by atoms with Crippen molar-refractivity contribution in [3.05, 3.63) is 75.6 Å². The Morgan fingerprint density at radius 3 is 2.57 bits per heavy atom. The van der Waals surface area contributed by atoms with E-state index in [-0.39, 0.29) is 28.8 Å². The Bertz CT molecular complexity index is 1210. The number of benzene rings is 2. The van der Waals surface area contributed by atoms with Gasteiger partial charge < -0.3 is 20.7 Å². The molecule has 4 rings (SSSR count). The van der Waals surface area contributed by atoms with Gasteiger partial charge >= 0.3 is 0 Å². The maximum absolute atomic E-state index is 12.1. The van der Waals surface area contributed by atoms with E-state index >= 15 is 0 Å². The number of aromatic nitrogens is 2. The highest BCUT2D eigenvalue weighted by molar-refractivity contribution is 5.96. The minimum absolute atomic E-state index is 0.00801. The van der Waals surface area contributed by atoms with Crippen molar-refractivity contribution in [2.75, 3.05) is 25.0 Å². The van der Waals surface area contributed by atoms with Crippen LogP contribution in [0.5, 0.6) is 11.6 Å². The highest BCUT2D eigenvalue weighted by Gasteiger charge is 2.19. The highest BCUT2D eigenvalue weighted by Crippen LogP contribution is 2.29. The van der Waals surface area contributed by atoms with Crippen LogP contribution in [0.4, 0.5) is 17.2 Å². The van der Waals surface area contributed by atoms with Gasteiger partial charge in [0.15, 0.2) is 11.5 Å². The lowest BCUT2D eigenvalue weighted by Crippen LogP contribution is -2.21. The first kappa shape index (κ1) is 24.1. The smallest absolute Gasteiger partial charge is 0.273 e. The fourth-order valence-electron chi connectivity index (χ4n) is 3.98. The zero-order valence-electron chi connectivity index (χ0n) is 19.6. The average molecular weight is 477 g/mol. The maximum atomic E-state index is 12.1. The number of nitrogens with one attached hydrogen (secondary N) is 1. The van der Waals surface area contributed by atoms with Gasteiger partial charge in [0.2, 0.25) is 5.88 Å². The van der Waals surface area contributed by atoms with Crippen LogP contribution in [0.25, 0.3) is 0 Å². The van der Waals surface area contributed by atoms with E-state index in [1.165, 1.54) is 49.7 Å². The van der Waals surface area contributed by atoms with Crippen LogP contribution in [-0.4, -0.2) is 45.3 Å². The molecule has 35 heavy (non-hydrogen) atoms. The van der Waals surface area contributed by atoms with Gasteiger partial charge in [-0.3, -0.25) is 14.9 Å². The highest BCUT2D eigenvalue weighted by atomic mass is 16.6. The molecular weight excluding hydrogens is 448 g/mol. The maximum Gasteiger partial charge on any atom is 0.273 e. The van der Waals surface area contributed by atoms with Crippen molar-refractivity contribution in [3.8, 4) is 11.6 Å². The molecule has 0 spiro atoms. The molecule has 1 aromatic heterocycles. The molecule has 3 N–H and O–H groups in total. The molecule has 1 saturated heterocycles. The standard InChI is InChI=1S/C25H28N6O4/c1-2-21-25(35-20-7-5-6-19(16-20)31(33)34)29-24(22(28-21)23(26)32)27-18-10-8-17(9-11-18)12-15-30-13-3-4-14-30/h5-11,16H,2-4,12-15H2,1H3,(H2,26,32)(H,27,29). The first-order valence-electron chi connectivity index (χ1n) is 11.6. The van der Waals surface area contributed by atoms with Gasteiger partial charge in [0.1, 0.15) is 11.4 Å². The molecule has 10 heteroatoms. The number of rotatable bonds is 10. The Morgan fingerprint density at radius 2 is 1.91 bits per heavy atom. The van der Waals surface area contributed by atoms with E-state index < -0.39 is 10.8 Å². The van der Waals surface area contributed by atoms with Crippen molar-refractivity contribution < 1.29 is 14.5 Å². The number of amides is 1. The number of aryl methyl sites for hydroxylation is 1. The lowest BCUT2D eigenvalue weighted by molar-refractivity contribution is -0.384. The third-order valence-electron chi connectivity index (χ3n) is 5.87. The number of anilines is 2. The monoisotopic (exact) mass is 476 g/mol. The van der Waals surface area contributed by atoms with Crippen LogP contribution < -0.4 is 15.8 Å². The Kier molecular flexibility index (Phi) is 7.51. The van der Waals surface area contributed by atoms with E-state index in [0.29, 0.717) is 12.1 Å². The summed E-state index contributed by atoms with van der Waals surface area (Å²) in [4.78, 5) is 34.0. The van der Waals surface area contributed by atoms with Crippen LogP contribution in [0.2, 0.25) is 0 Å². The summed E-state index contributed by atoms with van der Waals surface area (Å²) < 4.78 is 5.83. The van der Waals surface area contributed by atoms with Gasteiger partial charge in [0.25, 0.3) is 11.6 Å². The van der Waals surface area contributed by atoms with Gasteiger partial charge in [-0.1, -0.05) is 25.1 Å². The first-order chi connectivity index (χ1) is 16.9. The van der Waals surface area contributed by atoms with Crippen molar-refractivity contribution >= 4 is 23.1 Å². The topological polar surface area (TPSA) is 137 Å². The van der Waals surface area contributed by atoms with Crippen LogP contribution in [0.1, 0.15) is 41.5 Å². The number of hydrogen-bond donors (Lipinski definition) is 2. The third-order valence-corrected chi connectivity index (χ3v) is 5.87. The van der Waals surface area contributed by atoms with Crippen molar-refractivity contribution in [2.45, 2.75) is 32.6 Å². The molecule has 10 nitrogen and oxygen atoms in total. The average Bonchev–Trinajstić information content (AvgIpc) is 3.37. The lowest BCUT2D eigenvalue weighted by atomic mass is 10.1. The second-order valence-electron chi connectivity index (χ2n) is 8.37. The summed E-state index contributed by atoms with van der Waals surface area (Å²) >= 11 is 0. The number of nitrogens with two attached hydrogens (primary N) is 1. The molecule has 1 fully saturated rings. The summed E-state index contributed by atoms with van der Waals surface area (Å²) in [7, 11) is 0. The van der Waals surface area contributed by atoms with Crippen LogP contribution in [0, 0.1) is 10.1 Å². The predicted octanol–water partition coefficient (Wildman–Crippen LogP) is 4.22. The van der Waals surface area contributed by atoms with Crippen LogP contribution in [0.3, 0.4) is 0 Å². The number of nitro groups is 1. The van der Waals surface area contributed by atoms with E-state index in [2.05, 4.69) is 20.2 Å². The van der Waals surface area contributed by atoms with Gasteiger partial charge in [-0.15, -0.1) is 0 Å². The fourth-order valence-corrected chi connectivity index (χ4v) is 3.98. The second-order valence-corrected chi connectivity index (χ2v) is 8.37. The molecule has 0 atom stereocenters. The summed E-state index contributed by atoms with van der Waals surface area (Å²) in [6.07, 6.45) is 3.94. The van der Waals surface area contributed by atoms with Crippen LogP contribution in [0.15, 0.2) is 48.5 Å². The van der Waals surface area contributed by atoms with Crippen LogP contribution in [-0.2, 0) is 12.8 Å². The number of carbonyl (C=O) groups excluding carboxylic acids is 1. The van der Waals surface area contributed by atoms with Gasteiger partial charge in [-0.05, 0) is 62.5 Å². The largest absolute Gasteiger partial charge is 0.437 e. The predicted molar refractivity (Wildman–Crippen MR) is 132 cm³/mol. The number of non-ortho nitro benzene ring substituents is 1. The molecule has 2 aromatic carbocycles. The quantitative estimate of drug-likeness (QED) is 0.328.